The van der Waals surface area contributed by atoms with E-state index in [2.05, 4.69) is 27.8 Å². The molecule has 21 heavy (non-hydrogen) atoms. The molecule has 1 aliphatic heterocycles. The lowest BCUT2D eigenvalue weighted by Gasteiger charge is -2.20. The second kappa shape index (κ2) is 5.98. The van der Waals surface area contributed by atoms with Crippen LogP contribution in [-0.2, 0) is 4.74 Å². The zero-order valence-electron chi connectivity index (χ0n) is 11.6. The fourth-order valence-corrected chi connectivity index (χ4v) is 3.44. The lowest BCUT2D eigenvalue weighted by molar-refractivity contribution is 0.130. The van der Waals surface area contributed by atoms with Gasteiger partial charge in [-0.3, -0.25) is 4.98 Å². The summed E-state index contributed by atoms with van der Waals surface area (Å²) in [5, 5.41) is 0. The molecule has 2 unspecified atom stereocenters. The molecule has 1 aromatic heterocycles. The molecular weight excluding hydrogens is 333 g/mol. The van der Waals surface area contributed by atoms with Gasteiger partial charge < -0.3 is 4.74 Å². The van der Waals surface area contributed by atoms with E-state index < -0.39 is 0 Å². The van der Waals surface area contributed by atoms with Gasteiger partial charge in [0.05, 0.1) is 5.69 Å². The van der Waals surface area contributed by atoms with Crippen molar-refractivity contribution in [3.8, 4) is 0 Å². The topological polar surface area (TPSA) is 22.1 Å². The second-order valence-corrected chi connectivity index (χ2v) is 5.73. The van der Waals surface area contributed by atoms with Gasteiger partial charge in [-0.1, -0.05) is 25.1 Å². The Morgan fingerprint density at radius 1 is 1.19 bits per heavy atom. The largest absolute Gasteiger partial charge is 0.478 e. The Labute approximate surface area is 131 Å². The number of pyridine rings is 1. The van der Waals surface area contributed by atoms with E-state index in [1.807, 2.05) is 18.2 Å². The van der Waals surface area contributed by atoms with Gasteiger partial charge in [0.1, 0.15) is 11.9 Å². The molecule has 0 spiro atoms. The van der Waals surface area contributed by atoms with E-state index in [1.54, 1.807) is 18.3 Å². The van der Waals surface area contributed by atoms with Crippen LogP contribution in [0.1, 0.15) is 30.7 Å². The Bertz CT molecular complexity index is 654. The zero-order valence-corrected chi connectivity index (χ0v) is 13.2. The standard InChI is InChI=1S/C17H15BrFNO/c1-2-13-15(14-5-3-4-10-20-14)17(18)21-16(13)11-6-8-12(19)9-7-11/h3-10,13,16H,2H2,1H3. The monoisotopic (exact) mass is 347 g/mol. The van der Waals surface area contributed by atoms with Gasteiger partial charge in [-0.15, -0.1) is 0 Å². The number of aromatic nitrogens is 1. The van der Waals surface area contributed by atoms with E-state index in [0.29, 0.717) is 0 Å². The lowest BCUT2D eigenvalue weighted by Crippen LogP contribution is -2.10. The minimum atomic E-state index is -0.234. The lowest BCUT2D eigenvalue weighted by atomic mass is 9.87. The molecule has 0 N–H and O–H groups in total. The molecule has 2 heterocycles. The summed E-state index contributed by atoms with van der Waals surface area (Å²) in [6.45, 7) is 2.12. The van der Waals surface area contributed by atoms with Gasteiger partial charge in [-0.25, -0.2) is 4.39 Å². The molecule has 3 rings (SSSR count). The Hall–Kier alpha value is -1.68. The normalized spacial score (nSPS) is 21.5. The number of halogens is 2. The maximum atomic E-state index is 13.1. The van der Waals surface area contributed by atoms with E-state index in [4.69, 9.17) is 4.74 Å². The molecule has 0 fully saturated rings. The first kappa shape index (κ1) is 14.3. The first-order chi connectivity index (χ1) is 10.2. The number of hydrogen-bond acceptors (Lipinski definition) is 2. The van der Waals surface area contributed by atoms with Crippen LogP contribution in [0, 0.1) is 11.7 Å². The predicted molar refractivity (Wildman–Crippen MR) is 84.1 cm³/mol. The molecule has 4 heteroatoms. The summed E-state index contributed by atoms with van der Waals surface area (Å²) in [5.41, 5.74) is 2.97. The van der Waals surface area contributed by atoms with Gasteiger partial charge in [-0.2, -0.15) is 0 Å². The third-order valence-corrected chi connectivity index (χ3v) is 4.37. The quantitative estimate of drug-likeness (QED) is 0.772. The van der Waals surface area contributed by atoms with Gasteiger partial charge in [0.2, 0.25) is 0 Å². The van der Waals surface area contributed by atoms with Crippen LogP contribution >= 0.6 is 15.9 Å². The summed E-state index contributed by atoms with van der Waals surface area (Å²) < 4.78 is 19.8. The summed E-state index contributed by atoms with van der Waals surface area (Å²) >= 11 is 3.52. The predicted octanol–water partition coefficient (Wildman–Crippen LogP) is 5.08. The maximum absolute atomic E-state index is 13.1. The Kier molecular flexibility index (Phi) is 4.06. The second-order valence-electron chi connectivity index (χ2n) is 5.01. The molecule has 1 aromatic carbocycles. The van der Waals surface area contributed by atoms with E-state index in [9.17, 15) is 4.39 Å². The smallest absolute Gasteiger partial charge is 0.168 e. The zero-order chi connectivity index (χ0) is 14.8. The van der Waals surface area contributed by atoms with Crippen LogP contribution in [0.5, 0.6) is 0 Å². The summed E-state index contributed by atoms with van der Waals surface area (Å²) in [6.07, 6.45) is 2.59. The van der Waals surface area contributed by atoms with Gasteiger partial charge in [-0.05, 0) is 52.2 Å². The Morgan fingerprint density at radius 3 is 2.57 bits per heavy atom. The minimum absolute atomic E-state index is 0.109. The average Bonchev–Trinajstić information content (AvgIpc) is 2.85. The Morgan fingerprint density at radius 2 is 1.95 bits per heavy atom. The van der Waals surface area contributed by atoms with Gasteiger partial charge in [0.15, 0.2) is 4.67 Å². The molecule has 108 valence electrons. The maximum Gasteiger partial charge on any atom is 0.168 e. The number of benzene rings is 1. The minimum Gasteiger partial charge on any atom is -0.478 e. The van der Waals surface area contributed by atoms with Crippen molar-refractivity contribution in [1.82, 2.24) is 4.98 Å². The molecule has 0 saturated heterocycles. The number of hydrogen-bond donors (Lipinski definition) is 0. The van der Waals surface area contributed by atoms with Gasteiger partial charge in [0.25, 0.3) is 0 Å². The Balaban J connectivity index is 1.96. The van der Waals surface area contributed by atoms with Gasteiger partial charge in [0, 0.05) is 17.7 Å². The first-order valence-electron chi connectivity index (χ1n) is 6.94. The molecule has 0 aliphatic carbocycles. The fourth-order valence-electron chi connectivity index (χ4n) is 2.74. The number of nitrogens with zero attached hydrogens (tertiary/aromatic N) is 1. The van der Waals surface area contributed by atoms with Crippen molar-refractivity contribution in [2.75, 3.05) is 0 Å². The molecule has 2 nitrogen and oxygen atoms in total. The highest BCUT2D eigenvalue weighted by molar-refractivity contribution is 9.11. The van der Waals surface area contributed by atoms with E-state index in [-0.39, 0.29) is 17.8 Å². The van der Waals surface area contributed by atoms with Crippen LogP contribution in [0.3, 0.4) is 0 Å². The third kappa shape index (κ3) is 2.72. The van der Waals surface area contributed by atoms with Crippen LogP contribution in [0.15, 0.2) is 53.3 Å². The molecule has 1 aliphatic rings. The highest BCUT2D eigenvalue weighted by Crippen LogP contribution is 2.48. The highest BCUT2D eigenvalue weighted by Gasteiger charge is 2.37. The molecule has 0 radical (unpaired) electrons. The summed E-state index contributed by atoms with van der Waals surface area (Å²) in [6, 6.07) is 12.3. The summed E-state index contributed by atoms with van der Waals surface area (Å²) in [5.74, 6) is -0.0403. The number of rotatable bonds is 3. The van der Waals surface area contributed by atoms with Crippen molar-refractivity contribution in [1.29, 1.82) is 0 Å². The highest BCUT2D eigenvalue weighted by atomic mass is 79.9. The van der Waals surface area contributed by atoms with E-state index >= 15 is 0 Å². The number of ether oxygens (including phenoxy) is 1. The van der Waals surface area contributed by atoms with Crippen molar-refractivity contribution >= 4 is 21.5 Å². The van der Waals surface area contributed by atoms with Gasteiger partial charge >= 0.3 is 0 Å². The first-order valence-corrected chi connectivity index (χ1v) is 7.73. The van der Waals surface area contributed by atoms with Crippen molar-refractivity contribution in [3.63, 3.8) is 0 Å². The molecule has 0 amide bonds. The molecule has 0 bridgehead atoms. The summed E-state index contributed by atoms with van der Waals surface area (Å²) in [7, 11) is 0. The van der Waals surface area contributed by atoms with Crippen LogP contribution in [0.4, 0.5) is 4.39 Å². The molecular formula is C17H15BrFNO. The van der Waals surface area contributed by atoms with Crippen LogP contribution < -0.4 is 0 Å². The van der Waals surface area contributed by atoms with Crippen LogP contribution in [0.25, 0.3) is 5.57 Å². The van der Waals surface area contributed by atoms with Crippen molar-refractivity contribution in [2.24, 2.45) is 5.92 Å². The molecule has 2 aromatic rings. The third-order valence-electron chi connectivity index (χ3n) is 3.76. The molecule has 0 saturated carbocycles. The van der Waals surface area contributed by atoms with Crippen molar-refractivity contribution in [3.05, 3.63) is 70.4 Å². The SMILES string of the molecule is CCC1C(c2ccccn2)=C(Br)OC1c1ccc(F)cc1. The van der Waals surface area contributed by atoms with Crippen LogP contribution in [0.2, 0.25) is 0 Å². The summed E-state index contributed by atoms with van der Waals surface area (Å²) in [4.78, 5) is 4.42. The molecule has 2 atom stereocenters. The van der Waals surface area contributed by atoms with Crippen LogP contribution in [-0.4, -0.2) is 4.98 Å². The fraction of sp³-hybridized carbons (Fsp3) is 0.235. The van der Waals surface area contributed by atoms with Crippen molar-refractivity contribution < 1.29 is 9.13 Å². The van der Waals surface area contributed by atoms with E-state index in [0.717, 1.165) is 27.9 Å². The van der Waals surface area contributed by atoms with Crippen molar-refractivity contribution in [2.45, 2.75) is 19.4 Å². The van der Waals surface area contributed by atoms with E-state index in [1.165, 1.54) is 12.1 Å². The average molecular weight is 348 g/mol.